The number of nitrogens with one attached hydrogen (secondary N) is 2. The van der Waals surface area contributed by atoms with Crippen LogP contribution in [0.5, 0.6) is 0 Å². The second-order valence-electron chi connectivity index (χ2n) is 3.86. The van der Waals surface area contributed by atoms with Crippen molar-refractivity contribution in [1.82, 2.24) is 15.0 Å². The zero-order valence-electron chi connectivity index (χ0n) is 9.63. The van der Waals surface area contributed by atoms with Crippen molar-refractivity contribution >= 4 is 5.69 Å². The molecule has 5 heteroatoms. The fourth-order valence-corrected chi connectivity index (χ4v) is 1.70. The first-order valence-electron chi connectivity index (χ1n) is 5.62. The molecule has 0 aliphatic rings. The van der Waals surface area contributed by atoms with Crippen LogP contribution in [0.1, 0.15) is 5.76 Å². The van der Waals surface area contributed by atoms with Gasteiger partial charge in [-0.25, -0.2) is 9.97 Å². The lowest BCUT2D eigenvalue weighted by molar-refractivity contribution is 0.512. The van der Waals surface area contributed by atoms with E-state index in [1.54, 1.807) is 18.7 Å². The van der Waals surface area contributed by atoms with Gasteiger partial charge in [0.1, 0.15) is 5.76 Å². The van der Waals surface area contributed by atoms with Crippen LogP contribution in [0.3, 0.4) is 0 Å². The molecule has 0 fully saturated rings. The predicted molar refractivity (Wildman–Crippen MR) is 67.9 cm³/mol. The first kappa shape index (κ1) is 10.6. The van der Waals surface area contributed by atoms with E-state index in [2.05, 4.69) is 20.3 Å². The van der Waals surface area contributed by atoms with Gasteiger partial charge < -0.3 is 14.7 Å². The van der Waals surface area contributed by atoms with Gasteiger partial charge in [-0.2, -0.15) is 0 Å². The number of hydrogen-bond acceptors (Lipinski definition) is 4. The van der Waals surface area contributed by atoms with E-state index in [0.717, 1.165) is 22.7 Å². The summed E-state index contributed by atoms with van der Waals surface area (Å²) in [5, 5.41) is 3.26. The fraction of sp³-hybridized carbons (Fsp3) is 0.0769. The van der Waals surface area contributed by atoms with Crippen LogP contribution < -0.4 is 5.32 Å². The van der Waals surface area contributed by atoms with Crippen LogP contribution in [0.25, 0.3) is 11.3 Å². The van der Waals surface area contributed by atoms with Crippen molar-refractivity contribution < 1.29 is 4.42 Å². The first-order valence-corrected chi connectivity index (χ1v) is 5.62. The molecule has 2 heterocycles. The quantitative estimate of drug-likeness (QED) is 0.735. The molecule has 3 rings (SSSR count). The molecule has 5 nitrogen and oxygen atoms in total. The maximum atomic E-state index is 5.15. The van der Waals surface area contributed by atoms with Gasteiger partial charge in [0.05, 0.1) is 31.0 Å². The number of aromatic nitrogens is 3. The summed E-state index contributed by atoms with van der Waals surface area (Å²) in [7, 11) is 0. The van der Waals surface area contributed by atoms with Gasteiger partial charge in [-0.15, -0.1) is 0 Å². The molecule has 1 aromatic carbocycles. The largest absolute Gasteiger partial charge is 0.447 e. The minimum absolute atomic E-state index is 0.628. The number of nitrogens with zero attached hydrogens (tertiary/aromatic N) is 2. The summed E-state index contributed by atoms with van der Waals surface area (Å²) < 4.78 is 5.15. The third kappa shape index (κ3) is 2.24. The van der Waals surface area contributed by atoms with Gasteiger partial charge in [-0.05, 0) is 17.7 Å². The number of oxazole rings is 1. The zero-order valence-corrected chi connectivity index (χ0v) is 9.63. The molecule has 0 bridgehead atoms. The summed E-state index contributed by atoms with van der Waals surface area (Å²) >= 11 is 0. The Kier molecular flexibility index (Phi) is 2.79. The average Bonchev–Trinajstić information content (AvgIpc) is 3.10. The normalized spacial score (nSPS) is 10.4. The topological polar surface area (TPSA) is 66.7 Å². The van der Waals surface area contributed by atoms with E-state index in [0.29, 0.717) is 6.54 Å². The van der Waals surface area contributed by atoms with Crippen LogP contribution in [0.15, 0.2) is 53.8 Å². The van der Waals surface area contributed by atoms with Crippen LogP contribution in [0.2, 0.25) is 0 Å². The van der Waals surface area contributed by atoms with E-state index in [1.165, 1.54) is 6.39 Å². The first-order chi connectivity index (χ1) is 8.92. The Morgan fingerprint density at radius 2 is 2.00 bits per heavy atom. The standard InChI is InChI=1S/C13H12N4O/c1-3-11(16-6-12-5-15-9-18-12)4-2-10(1)13-7-14-8-17-13/h1-5,7-9,16H,6H2,(H,14,17). The van der Waals surface area contributed by atoms with E-state index in [-0.39, 0.29) is 0 Å². The number of hydrogen-bond donors (Lipinski definition) is 2. The summed E-state index contributed by atoms with van der Waals surface area (Å²) in [5.41, 5.74) is 3.16. The molecule has 0 spiro atoms. The predicted octanol–water partition coefficient (Wildman–Crippen LogP) is 2.68. The molecule has 0 radical (unpaired) electrons. The smallest absolute Gasteiger partial charge is 0.180 e. The SMILES string of the molecule is c1ncc(-c2ccc(NCc3cnco3)cc2)[nH]1. The summed E-state index contributed by atoms with van der Waals surface area (Å²) in [5.74, 6) is 0.813. The molecule has 90 valence electrons. The van der Waals surface area contributed by atoms with Crippen LogP contribution in [-0.2, 0) is 6.54 Å². The molecule has 18 heavy (non-hydrogen) atoms. The number of benzene rings is 1. The van der Waals surface area contributed by atoms with Gasteiger partial charge in [0.15, 0.2) is 6.39 Å². The zero-order chi connectivity index (χ0) is 12.2. The minimum Gasteiger partial charge on any atom is -0.447 e. The van der Waals surface area contributed by atoms with E-state index < -0.39 is 0 Å². The Bertz CT molecular complexity index is 584. The Labute approximate surface area is 104 Å². The highest BCUT2D eigenvalue weighted by Gasteiger charge is 2.00. The van der Waals surface area contributed by atoms with Crippen molar-refractivity contribution in [2.75, 3.05) is 5.32 Å². The third-order valence-electron chi connectivity index (χ3n) is 2.64. The minimum atomic E-state index is 0.628. The van der Waals surface area contributed by atoms with Crippen molar-refractivity contribution in [3.8, 4) is 11.3 Å². The molecule has 0 saturated carbocycles. The van der Waals surface area contributed by atoms with Crippen LogP contribution in [0, 0.1) is 0 Å². The fourth-order valence-electron chi connectivity index (χ4n) is 1.70. The molecule has 2 aromatic heterocycles. The summed E-state index contributed by atoms with van der Waals surface area (Å²) in [4.78, 5) is 10.9. The van der Waals surface area contributed by atoms with Gasteiger partial charge >= 0.3 is 0 Å². The Balaban J connectivity index is 1.68. The molecule has 3 aromatic rings. The molecular formula is C13H12N4O. The Morgan fingerprint density at radius 3 is 2.67 bits per heavy atom. The van der Waals surface area contributed by atoms with E-state index in [9.17, 15) is 0 Å². The van der Waals surface area contributed by atoms with Crippen molar-refractivity contribution in [1.29, 1.82) is 0 Å². The molecule has 0 amide bonds. The molecule has 0 saturated heterocycles. The lowest BCUT2D eigenvalue weighted by Gasteiger charge is -2.05. The molecule has 0 aliphatic carbocycles. The molecule has 0 unspecified atom stereocenters. The summed E-state index contributed by atoms with van der Waals surface area (Å²) in [6, 6.07) is 8.12. The van der Waals surface area contributed by atoms with Gasteiger partial charge in [0.2, 0.25) is 0 Å². The molecular weight excluding hydrogens is 228 g/mol. The highest BCUT2D eigenvalue weighted by atomic mass is 16.3. The van der Waals surface area contributed by atoms with Crippen molar-refractivity contribution in [3.05, 3.63) is 55.1 Å². The lowest BCUT2D eigenvalue weighted by atomic mass is 10.1. The van der Waals surface area contributed by atoms with Crippen molar-refractivity contribution in [3.63, 3.8) is 0 Å². The number of rotatable bonds is 4. The summed E-state index contributed by atoms with van der Waals surface area (Å²) in [6.45, 7) is 0.628. The number of H-pyrrole nitrogens is 1. The van der Waals surface area contributed by atoms with Crippen molar-refractivity contribution in [2.24, 2.45) is 0 Å². The van der Waals surface area contributed by atoms with Gasteiger partial charge in [0.25, 0.3) is 0 Å². The van der Waals surface area contributed by atoms with E-state index in [1.807, 2.05) is 24.3 Å². The molecule has 0 atom stereocenters. The highest BCUT2D eigenvalue weighted by Crippen LogP contribution is 2.19. The van der Waals surface area contributed by atoms with E-state index >= 15 is 0 Å². The maximum absolute atomic E-state index is 5.15. The number of imidazole rings is 1. The van der Waals surface area contributed by atoms with Crippen LogP contribution in [0.4, 0.5) is 5.69 Å². The van der Waals surface area contributed by atoms with Gasteiger partial charge in [-0.3, -0.25) is 0 Å². The highest BCUT2D eigenvalue weighted by molar-refractivity contribution is 5.61. The van der Waals surface area contributed by atoms with Gasteiger partial charge in [0, 0.05) is 5.69 Å². The average molecular weight is 240 g/mol. The summed E-state index contributed by atoms with van der Waals surface area (Å²) in [6.07, 6.45) is 6.60. The third-order valence-corrected chi connectivity index (χ3v) is 2.64. The Morgan fingerprint density at radius 1 is 1.11 bits per heavy atom. The molecule has 0 aliphatic heterocycles. The van der Waals surface area contributed by atoms with Crippen LogP contribution in [-0.4, -0.2) is 15.0 Å². The van der Waals surface area contributed by atoms with Crippen LogP contribution >= 0.6 is 0 Å². The van der Waals surface area contributed by atoms with E-state index in [4.69, 9.17) is 4.42 Å². The lowest BCUT2D eigenvalue weighted by Crippen LogP contribution is -1.97. The number of aromatic amines is 1. The second kappa shape index (κ2) is 4.75. The maximum Gasteiger partial charge on any atom is 0.180 e. The Hall–Kier alpha value is -2.56. The molecule has 2 N–H and O–H groups in total. The number of anilines is 1. The monoisotopic (exact) mass is 240 g/mol. The van der Waals surface area contributed by atoms with Crippen molar-refractivity contribution in [2.45, 2.75) is 6.54 Å². The van der Waals surface area contributed by atoms with Gasteiger partial charge in [-0.1, -0.05) is 12.1 Å². The second-order valence-corrected chi connectivity index (χ2v) is 3.86.